The van der Waals surface area contributed by atoms with Gasteiger partial charge < -0.3 is 11.5 Å². The summed E-state index contributed by atoms with van der Waals surface area (Å²) in [5.41, 5.74) is 18.3. The number of hydrogen-bond donors (Lipinski definition) is 4. The van der Waals surface area contributed by atoms with Crippen molar-refractivity contribution in [2.75, 3.05) is 0 Å². The number of amidine groups is 1. The molecular weight excluding hydrogens is 354 g/mol. The highest BCUT2D eigenvalue weighted by Gasteiger charge is 2.15. The zero-order chi connectivity index (χ0) is 20.8. The van der Waals surface area contributed by atoms with Crippen LogP contribution in [0.2, 0.25) is 0 Å². The van der Waals surface area contributed by atoms with Crippen LogP contribution in [0.3, 0.4) is 0 Å². The number of hydrazine groups is 1. The van der Waals surface area contributed by atoms with E-state index in [4.69, 9.17) is 17.3 Å². The van der Waals surface area contributed by atoms with Crippen LogP contribution >= 0.6 is 0 Å². The summed E-state index contributed by atoms with van der Waals surface area (Å²) in [7, 11) is 0. The monoisotopic (exact) mass is 379 g/mol. The maximum absolute atomic E-state index is 11.9. The molecule has 0 atom stereocenters. The van der Waals surface area contributed by atoms with E-state index >= 15 is 0 Å². The number of nitrogens with two attached hydrogens (primary N) is 3. The predicted molar refractivity (Wildman–Crippen MR) is 113 cm³/mol. The van der Waals surface area contributed by atoms with Gasteiger partial charge in [-0.15, -0.1) is 0 Å². The highest BCUT2D eigenvalue weighted by molar-refractivity contribution is 6.05. The molecule has 0 unspecified atom stereocenters. The number of aliphatic imine (C=N–C) groups is 1. The second-order valence-corrected chi connectivity index (χ2v) is 6.09. The van der Waals surface area contributed by atoms with E-state index in [9.17, 15) is 9.59 Å². The van der Waals surface area contributed by atoms with Gasteiger partial charge in [0.2, 0.25) is 5.91 Å². The molecule has 1 heterocycles. The van der Waals surface area contributed by atoms with Gasteiger partial charge in [-0.1, -0.05) is 38.1 Å². The lowest BCUT2D eigenvalue weighted by Crippen LogP contribution is -2.30. The van der Waals surface area contributed by atoms with E-state index in [2.05, 4.69) is 10.4 Å². The summed E-state index contributed by atoms with van der Waals surface area (Å²) in [6, 6.07) is 11.1. The summed E-state index contributed by atoms with van der Waals surface area (Å²) in [5, 5.41) is 0. The molecule has 146 valence electrons. The van der Waals surface area contributed by atoms with Crippen LogP contribution in [0.25, 0.3) is 17.2 Å². The van der Waals surface area contributed by atoms with Crippen molar-refractivity contribution in [1.29, 1.82) is 0 Å². The zero-order valence-corrected chi connectivity index (χ0v) is 16.2. The summed E-state index contributed by atoms with van der Waals surface area (Å²) in [6.45, 7) is 5.84. The molecule has 7 heteroatoms. The summed E-state index contributed by atoms with van der Waals surface area (Å²) >= 11 is 0. The Kier molecular flexibility index (Phi) is 6.68. The van der Waals surface area contributed by atoms with E-state index in [0.717, 1.165) is 22.3 Å². The number of rotatable bonds is 3. The molecule has 0 bridgehead atoms. The molecule has 28 heavy (non-hydrogen) atoms. The van der Waals surface area contributed by atoms with Crippen molar-refractivity contribution in [3.8, 4) is 11.1 Å². The van der Waals surface area contributed by atoms with Gasteiger partial charge in [0, 0.05) is 23.1 Å². The van der Waals surface area contributed by atoms with E-state index in [1.54, 1.807) is 12.1 Å². The summed E-state index contributed by atoms with van der Waals surface area (Å²) in [4.78, 5) is 27.8. The topological polar surface area (TPSA) is 137 Å². The van der Waals surface area contributed by atoms with Gasteiger partial charge in [-0.25, -0.2) is 10.8 Å². The van der Waals surface area contributed by atoms with Crippen molar-refractivity contribution in [2.24, 2.45) is 22.3 Å². The van der Waals surface area contributed by atoms with E-state index in [-0.39, 0.29) is 12.3 Å². The maximum atomic E-state index is 11.9. The van der Waals surface area contributed by atoms with Crippen molar-refractivity contribution in [3.63, 3.8) is 0 Å². The van der Waals surface area contributed by atoms with Crippen molar-refractivity contribution in [2.45, 2.75) is 27.2 Å². The molecule has 1 aliphatic heterocycles. The standard InChI is InChI=1S/C19H19N5O2.C2H6/c1-10-2-3-11(7-15(10)19(26)24-22)12-4-5-13-6-14(18(21)25)9-17(20)23-16(13)8-12;1-2/h2-8H,9,22H2,1H3,(H2,20,23)(H2,21,25)(H,24,26);1-2H3. The fourth-order valence-corrected chi connectivity index (χ4v) is 2.85. The first kappa shape index (κ1) is 20.9. The molecule has 0 radical (unpaired) electrons. The Hall–Kier alpha value is -3.45. The van der Waals surface area contributed by atoms with Crippen molar-refractivity contribution >= 4 is 29.4 Å². The first-order chi connectivity index (χ1) is 13.4. The first-order valence-electron chi connectivity index (χ1n) is 8.98. The zero-order valence-electron chi connectivity index (χ0n) is 16.2. The summed E-state index contributed by atoms with van der Waals surface area (Å²) in [5.74, 6) is 4.70. The highest BCUT2D eigenvalue weighted by atomic mass is 16.2. The Morgan fingerprint density at radius 3 is 2.36 bits per heavy atom. The minimum atomic E-state index is -0.518. The number of nitrogen functional groups attached to an aromatic ring is 1. The molecule has 0 aromatic heterocycles. The smallest absolute Gasteiger partial charge is 0.265 e. The molecule has 1 aliphatic rings. The van der Waals surface area contributed by atoms with Gasteiger partial charge in [-0.05, 0) is 41.8 Å². The van der Waals surface area contributed by atoms with Gasteiger partial charge in [-0.2, -0.15) is 0 Å². The highest BCUT2D eigenvalue weighted by Crippen LogP contribution is 2.32. The number of aryl methyl sites for hydroxylation is 1. The lowest BCUT2D eigenvalue weighted by Gasteiger charge is -2.10. The fraction of sp³-hybridized carbons (Fsp3) is 0.190. The second kappa shape index (κ2) is 8.96. The molecule has 0 aliphatic carbocycles. The third kappa shape index (κ3) is 4.44. The first-order valence-corrected chi connectivity index (χ1v) is 8.98. The normalized spacial score (nSPS) is 12.4. The Labute approximate surface area is 164 Å². The number of nitrogens with zero attached hydrogens (tertiary/aromatic N) is 1. The van der Waals surface area contributed by atoms with Gasteiger partial charge in [0.1, 0.15) is 5.84 Å². The molecule has 2 aromatic carbocycles. The van der Waals surface area contributed by atoms with E-state index in [1.807, 2.05) is 51.1 Å². The quantitative estimate of drug-likeness (QED) is 0.370. The van der Waals surface area contributed by atoms with Crippen LogP contribution in [-0.4, -0.2) is 17.6 Å². The molecule has 7 nitrogen and oxygen atoms in total. The van der Waals surface area contributed by atoms with Crippen LogP contribution in [-0.2, 0) is 4.79 Å². The third-order valence-electron chi connectivity index (χ3n) is 4.26. The Morgan fingerprint density at radius 2 is 1.71 bits per heavy atom. The van der Waals surface area contributed by atoms with E-state index in [1.165, 1.54) is 0 Å². The average Bonchev–Trinajstić information content (AvgIpc) is 2.86. The van der Waals surface area contributed by atoms with Gasteiger partial charge in [-0.3, -0.25) is 15.0 Å². The third-order valence-corrected chi connectivity index (χ3v) is 4.26. The molecule has 0 fully saturated rings. The van der Waals surface area contributed by atoms with Crippen LogP contribution in [0.15, 0.2) is 47.0 Å². The van der Waals surface area contributed by atoms with Crippen molar-refractivity contribution < 1.29 is 9.59 Å². The number of hydrogen-bond acceptors (Lipinski definition) is 5. The number of benzene rings is 2. The minimum absolute atomic E-state index is 0.213. The molecule has 3 rings (SSSR count). The average molecular weight is 379 g/mol. The number of primary amides is 1. The number of nitrogens with one attached hydrogen (secondary N) is 1. The fourth-order valence-electron chi connectivity index (χ4n) is 2.85. The van der Waals surface area contributed by atoms with Gasteiger partial charge in [0.25, 0.3) is 5.91 Å². The van der Waals surface area contributed by atoms with E-state index < -0.39 is 5.91 Å². The largest absolute Gasteiger partial charge is 0.387 e. The molecule has 2 aromatic rings. The molecule has 0 saturated carbocycles. The van der Waals surface area contributed by atoms with E-state index in [0.29, 0.717) is 22.7 Å². The van der Waals surface area contributed by atoms with Crippen LogP contribution < -0.4 is 22.7 Å². The molecule has 2 amide bonds. The lowest BCUT2D eigenvalue weighted by molar-refractivity contribution is -0.114. The molecule has 0 saturated heterocycles. The van der Waals surface area contributed by atoms with Crippen molar-refractivity contribution in [1.82, 2.24) is 5.43 Å². The number of carbonyl (C=O) groups excluding carboxylic acids is 2. The van der Waals surface area contributed by atoms with Crippen LogP contribution in [0.5, 0.6) is 0 Å². The summed E-state index contributed by atoms with van der Waals surface area (Å²) in [6.07, 6.45) is 1.91. The van der Waals surface area contributed by atoms with Gasteiger partial charge in [0.15, 0.2) is 0 Å². The number of amides is 2. The van der Waals surface area contributed by atoms with Crippen LogP contribution in [0.4, 0.5) is 5.69 Å². The SMILES string of the molecule is CC.Cc1ccc(-c2ccc3c(c2)N=C(N)CC(C(N)=O)=C3)cc1C(=O)NN. The Bertz CT molecular complexity index is 977. The van der Waals surface area contributed by atoms with Crippen molar-refractivity contribution in [3.05, 3.63) is 58.7 Å². The lowest BCUT2D eigenvalue weighted by atomic mass is 9.97. The Morgan fingerprint density at radius 1 is 1.07 bits per heavy atom. The second-order valence-electron chi connectivity index (χ2n) is 6.09. The molecular formula is C21H25N5O2. The predicted octanol–water partition coefficient (Wildman–Crippen LogP) is 2.55. The maximum Gasteiger partial charge on any atom is 0.265 e. The number of fused-ring (bicyclic) bond motifs is 1. The van der Waals surface area contributed by atoms with Gasteiger partial charge >= 0.3 is 0 Å². The number of carbonyl (C=O) groups is 2. The molecule has 7 N–H and O–H groups in total. The minimum Gasteiger partial charge on any atom is -0.387 e. The van der Waals surface area contributed by atoms with Gasteiger partial charge in [0.05, 0.1) is 5.69 Å². The van der Waals surface area contributed by atoms with Crippen LogP contribution in [0, 0.1) is 6.92 Å². The van der Waals surface area contributed by atoms with Crippen LogP contribution in [0.1, 0.15) is 41.8 Å². The molecule has 0 spiro atoms. The summed E-state index contributed by atoms with van der Waals surface area (Å²) < 4.78 is 0. The Balaban J connectivity index is 0.00000136.